The molecular formula is C8H16F3NO3S. The molecule has 16 heavy (non-hydrogen) atoms. The summed E-state index contributed by atoms with van der Waals surface area (Å²) in [4.78, 5) is 0. The van der Waals surface area contributed by atoms with Gasteiger partial charge in [0, 0.05) is 12.8 Å². The van der Waals surface area contributed by atoms with Crippen molar-refractivity contribution in [2.45, 2.75) is 12.6 Å². The maximum absolute atomic E-state index is 11.6. The van der Waals surface area contributed by atoms with E-state index in [9.17, 15) is 21.6 Å². The first-order valence-corrected chi connectivity index (χ1v) is 6.80. The second-order valence-corrected chi connectivity index (χ2v) is 5.66. The van der Waals surface area contributed by atoms with Crippen molar-refractivity contribution in [3.05, 3.63) is 0 Å². The molecule has 0 aliphatic heterocycles. The normalized spacial score (nSPS) is 13.0. The van der Waals surface area contributed by atoms with E-state index < -0.39 is 22.6 Å². The monoisotopic (exact) mass is 263 g/mol. The van der Waals surface area contributed by atoms with Crippen LogP contribution in [0.25, 0.3) is 0 Å². The van der Waals surface area contributed by atoms with Gasteiger partial charge in [-0.15, -0.1) is 0 Å². The Labute approximate surface area is 93.1 Å². The smallest absolute Gasteiger partial charge is 0.371 e. The van der Waals surface area contributed by atoms with Crippen LogP contribution in [-0.4, -0.2) is 52.9 Å². The fourth-order valence-electron chi connectivity index (χ4n) is 0.917. The predicted molar refractivity (Wildman–Crippen MR) is 54.1 cm³/mol. The van der Waals surface area contributed by atoms with E-state index in [4.69, 9.17) is 0 Å². The van der Waals surface area contributed by atoms with Crippen molar-refractivity contribution >= 4 is 9.84 Å². The lowest BCUT2D eigenvalue weighted by Crippen LogP contribution is -2.25. The molecule has 0 unspecified atom stereocenters. The Morgan fingerprint density at radius 2 is 1.88 bits per heavy atom. The summed E-state index contributed by atoms with van der Waals surface area (Å²) in [7, 11) is -2.96. The van der Waals surface area contributed by atoms with Crippen molar-refractivity contribution in [1.82, 2.24) is 5.32 Å². The van der Waals surface area contributed by atoms with E-state index >= 15 is 0 Å². The minimum absolute atomic E-state index is 0.0433. The first-order valence-electron chi connectivity index (χ1n) is 4.74. The van der Waals surface area contributed by atoms with Crippen molar-refractivity contribution in [2.24, 2.45) is 0 Å². The molecule has 0 heterocycles. The first kappa shape index (κ1) is 15.7. The molecule has 0 spiro atoms. The summed E-state index contributed by atoms with van der Waals surface area (Å²) in [5, 5.41) is 2.79. The van der Waals surface area contributed by atoms with Gasteiger partial charge in [0.2, 0.25) is 0 Å². The van der Waals surface area contributed by atoms with Crippen LogP contribution in [0.15, 0.2) is 0 Å². The molecule has 0 rings (SSSR count). The highest BCUT2D eigenvalue weighted by atomic mass is 32.2. The number of halogens is 3. The molecule has 0 aromatic carbocycles. The molecule has 0 aromatic rings. The van der Waals surface area contributed by atoms with Crippen LogP contribution in [0.4, 0.5) is 13.2 Å². The minimum atomic E-state index is -4.30. The standard InChI is InChI=1S/C8H16F3NO3S/c1-16(13,14)6-2-3-12-4-5-15-7-8(9,10)11/h12H,2-7H2,1H3. The fraction of sp³-hybridized carbons (Fsp3) is 1.00. The van der Waals surface area contributed by atoms with Crippen LogP contribution in [0.3, 0.4) is 0 Å². The summed E-state index contributed by atoms with van der Waals surface area (Å²) in [5.74, 6) is 0.0728. The SMILES string of the molecule is CS(=O)(=O)CCCNCCOCC(F)(F)F. The number of alkyl halides is 3. The molecule has 0 radical (unpaired) electrons. The first-order chi connectivity index (χ1) is 7.21. The van der Waals surface area contributed by atoms with Crippen LogP contribution in [0.1, 0.15) is 6.42 Å². The van der Waals surface area contributed by atoms with Gasteiger partial charge in [-0.05, 0) is 13.0 Å². The Morgan fingerprint density at radius 3 is 2.38 bits per heavy atom. The van der Waals surface area contributed by atoms with E-state index in [1.54, 1.807) is 0 Å². The van der Waals surface area contributed by atoms with E-state index in [1.807, 2.05) is 0 Å². The van der Waals surface area contributed by atoms with Gasteiger partial charge in [-0.1, -0.05) is 0 Å². The molecule has 0 aliphatic rings. The lowest BCUT2D eigenvalue weighted by atomic mass is 10.5. The van der Waals surface area contributed by atoms with E-state index in [2.05, 4.69) is 10.1 Å². The van der Waals surface area contributed by atoms with Gasteiger partial charge in [0.1, 0.15) is 16.4 Å². The summed E-state index contributed by atoms with van der Waals surface area (Å²) < 4.78 is 60.6. The molecule has 8 heteroatoms. The summed E-state index contributed by atoms with van der Waals surface area (Å²) in [5.41, 5.74) is 0. The van der Waals surface area contributed by atoms with Gasteiger partial charge < -0.3 is 10.1 Å². The third kappa shape index (κ3) is 13.7. The number of ether oxygens (including phenoxy) is 1. The topological polar surface area (TPSA) is 55.4 Å². The van der Waals surface area contributed by atoms with Crippen molar-refractivity contribution < 1.29 is 26.3 Å². The molecule has 0 bridgehead atoms. The number of nitrogens with one attached hydrogen (secondary N) is 1. The number of hydrogen-bond acceptors (Lipinski definition) is 4. The lowest BCUT2D eigenvalue weighted by Gasteiger charge is -2.08. The van der Waals surface area contributed by atoms with Crippen LogP contribution in [0.5, 0.6) is 0 Å². The van der Waals surface area contributed by atoms with Gasteiger partial charge in [0.25, 0.3) is 0 Å². The van der Waals surface area contributed by atoms with Crippen LogP contribution >= 0.6 is 0 Å². The third-order valence-electron chi connectivity index (χ3n) is 1.56. The average Bonchev–Trinajstić information content (AvgIpc) is 2.06. The van der Waals surface area contributed by atoms with Crippen LogP contribution in [0, 0.1) is 0 Å². The second kappa shape index (κ2) is 7.08. The van der Waals surface area contributed by atoms with E-state index in [1.165, 1.54) is 0 Å². The quantitative estimate of drug-likeness (QED) is 0.651. The number of hydrogen-bond donors (Lipinski definition) is 1. The Morgan fingerprint density at radius 1 is 1.25 bits per heavy atom. The van der Waals surface area contributed by atoms with Crippen LogP contribution in [-0.2, 0) is 14.6 Å². The second-order valence-electron chi connectivity index (χ2n) is 3.40. The van der Waals surface area contributed by atoms with Gasteiger partial charge in [-0.25, -0.2) is 8.42 Å². The molecule has 0 saturated heterocycles. The van der Waals surface area contributed by atoms with Crippen molar-refractivity contribution in [2.75, 3.05) is 38.3 Å². The maximum atomic E-state index is 11.6. The summed E-state index contributed by atoms with van der Waals surface area (Å²) in [6.07, 6.45) is -2.71. The zero-order valence-corrected chi connectivity index (χ0v) is 9.83. The molecule has 0 aliphatic carbocycles. The number of sulfone groups is 1. The van der Waals surface area contributed by atoms with Gasteiger partial charge in [0.05, 0.1) is 12.4 Å². The highest BCUT2D eigenvalue weighted by Gasteiger charge is 2.27. The molecule has 0 atom stereocenters. The van der Waals surface area contributed by atoms with Crippen molar-refractivity contribution in [3.8, 4) is 0 Å². The molecule has 0 aromatic heterocycles. The van der Waals surface area contributed by atoms with Gasteiger partial charge in [0.15, 0.2) is 0 Å². The molecule has 4 nitrogen and oxygen atoms in total. The Balaban J connectivity index is 3.23. The Kier molecular flexibility index (Phi) is 6.93. The maximum Gasteiger partial charge on any atom is 0.411 e. The van der Waals surface area contributed by atoms with E-state index in [-0.39, 0.29) is 18.9 Å². The summed E-state index contributed by atoms with van der Waals surface area (Å²) >= 11 is 0. The van der Waals surface area contributed by atoms with Gasteiger partial charge in [-0.3, -0.25) is 0 Å². The molecule has 0 fully saturated rings. The Hall–Kier alpha value is -0.340. The predicted octanol–water partition coefficient (Wildman–Crippen LogP) is 0.590. The summed E-state index contributed by atoms with van der Waals surface area (Å²) in [6, 6.07) is 0. The van der Waals surface area contributed by atoms with E-state index in [0.717, 1.165) is 6.26 Å². The zero-order chi connectivity index (χ0) is 12.7. The average molecular weight is 263 g/mol. The third-order valence-corrected chi connectivity index (χ3v) is 2.59. The largest absolute Gasteiger partial charge is 0.411 e. The highest BCUT2D eigenvalue weighted by Crippen LogP contribution is 2.13. The highest BCUT2D eigenvalue weighted by molar-refractivity contribution is 7.90. The summed E-state index contributed by atoms with van der Waals surface area (Å²) in [6.45, 7) is -0.571. The molecule has 0 saturated carbocycles. The fourth-order valence-corrected chi connectivity index (χ4v) is 1.59. The van der Waals surface area contributed by atoms with Gasteiger partial charge >= 0.3 is 6.18 Å². The zero-order valence-electron chi connectivity index (χ0n) is 9.01. The number of rotatable bonds is 8. The lowest BCUT2D eigenvalue weighted by molar-refractivity contribution is -0.173. The molecular weight excluding hydrogens is 247 g/mol. The van der Waals surface area contributed by atoms with E-state index in [0.29, 0.717) is 13.0 Å². The van der Waals surface area contributed by atoms with Gasteiger partial charge in [-0.2, -0.15) is 13.2 Å². The van der Waals surface area contributed by atoms with Crippen molar-refractivity contribution in [3.63, 3.8) is 0 Å². The molecule has 0 amide bonds. The van der Waals surface area contributed by atoms with Crippen LogP contribution < -0.4 is 5.32 Å². The Bertz CT molecular complexity index is 277. The molecule has 1 N–H and O–H groups in total. The van der Waals surface area contributed by atoms with Crippen molar-refractivity contribution in [1.29, 1.82) is 0 Å². The minimum Gasteiger partial charge on any atom is -0.371 e. The molecule has 98 valence electrons. The van der Waals surface area contributed by atoms with Crippen LogP contribution in [0.2, 0.25) is 0 Å².